The zero-order valence-electron chi connectivity index (χ0n) is 15.2. The largest absolute Gasteiger partial charge is 0.408 e. The van der Waals surface area contributed by atoms with E-state index in [0.717, 1.165) is 0 Å². The van der Waals surface area contributed by atoms with Crippen LogP contribution in [-0.4, -0.2) is 32.4 Å². The molecule has 0 bridgehead atoms. The Labute approximate surface area is 136 Å². The zero-order valence-corrected chi connectivity index (χ0v) is 16.2. The van der Waals surface area contributed by atoms with Gasteiger partial charge in [-0.2, -0.15) is 0 Å². The van der Waals surface area contributed by atoms with E-state index in [9.17, 15) is 4.79 Å². The molecule has 0 aromatic carbocycles. The summed E-state index contributed by atoms with van der Waals surface area (Å²) in [6, 6.07) is 0. The molecule has 1 aliphatic rings. The van der Waals surface area contributed by atoms with Crippen LogP contribution in [0.5, 0.6) is 0 Å². The quantitative estimate of drug-likeness (QED) is 0.551. The van der Waals surface area contributed by atoms with Crippen LogP contribution in [-0.2, 0) is 14.0 Å². The number of carbonyl (C=O) groups excluding carboxylic acids is 1. The molecule has 1 heterocycles. The van der Waals surface area contributed by atoms with Crippen LogP contribution in [0, 0.1) is 5.92 Å². The Hall–Kier alpha value is -0.713. The van der Waals surface area contributed by atoms with Crippen LogP contribution in [0.25, 0.3) is 0 Å². The summed E-state index contributed by atoms with van der Waals surface area (Å²) in [4.78, 5) is 12.3. The van der Waals surface area contributed by atoms with Crippen molar-refractivity contribution in [2.24, 2.45) is 5.92 Å². The van der Waals surface area contributed by atoms with Crippen molar-refractivity contribution < 1.29 is 14.0 Å². The average Bonchev–Trinajstić information content (AvgIpc) is 2.40. The predicted octanol–water partition coefficient (Wildman–Crippen LogP) is 4.50. The van der Waals surface area contributed by atoms with E-state index >= 15 is 0 Å². The van der Waals surface area contributed by atoms with Gasteiger partial charge >= 0.3 is 0 Å². The molecule has 0 N–H and O–H groups in total. The van der Waals surface area contributed by atoms with Crippen molar-refractivity contribution in [3.05, 3.63) is 24.8 Å². The summed E-state index contributed by atoms with van der Waals surface area (Å²) in [6.45, 7) is 18.8. The van der Waals surface area contributed by atoms with Gasteiger partial charge in [-0.15, -0.1) is 6.58 Å². The summed E-state index contributed by atoms with van der Waals surface area (Å²) >= 11 is 0. The number of ether oxygens (including phenoxy) is 1. The SMILES string of the molecule is C=C[C@@H](O[Si](C)(C)C(C)(C)C)[C@@H]1CC(=O)[C@H](C)[C@H](/C=C/C)O1. The van der Waals surface area contributed by atoms with Gasteiger partial charge in [0.1, 0.15) is 5.78 Å². The first-order valence-electron chi connectivity index (χ1n) is 8.15. The molecule has 1 saturated heterocycles. The lowest BCUT2D eigenvalue weighted by molar-refractivity contribution is -0.146. The topological polar surface area (TPSA) is 35.5 Å². The van der Waals surface area contributed by atoms with Crippen LogP contribution in [0.4, 0.5) is 0 Å². The molecule has 0 amide bonds. The maximum atomic E-state index is 12.3. The Morgan fingerprint density at radius 3 is 2.45 bits per heavy atom. The average molecular weight is 325 g/mol. The van der Waals surface area contributed by atoms with Gasteiger partial charge in [-0.25, -0.2) is 0 Å². The van der Waals surface area contributed by atoms with E-state index in [1.807, 2.05) is 26.0 Å². The number of hydrogen-bond donors (Lipinski definition) is 0. The van der Waals surface area contributed by atoms with Gasteiger partial charge in [0.25, 0.3) is 0 Å². The molecule has 0 radical (unpaired) electrons. The molecule has 0 aromatic heterocycles. The zero-order chi connectivity index (χ0) is 17.1. The van der Waals surface area contributed by atoms with Gasteiger partial charge in [0, 0.05) is 12.3 Å². The van der Waals surface area contributed by atoms with Crippen LogP contribution >= 0.6 is 0 Å². The smallest absolute Gasteiger partial charge is 0.193 e. The second-order valence-electron chi connectivity index (χ2n) is 7.70. The van der Waals surface area contributed by atoms with E-state index in [1.165, 1.54) is 0 Å². The van der Waals surface area contributed by atoms with Crippen molar-refractivity contribution in [2.45, 2.75) is 77.5 Å². The van der Waals surface area contributed by atoms with Crippen molar-refractivity contribution in [1.29, 1.82) is 0 Å². The van der Waals surface area contributed by atoms with E-state index in [1.54, 1.807) is 6.08 Å². The lowest BCUT2D eigenvalue weighted by atomic mass is 9.90. The number of ketones is 1. The third kappa shape index (κ3) is 4.40. The molecule has 1 fully saturated rings. The standard InChI is InChI=1S/C18H32O3Si/c1-9-11-16-13(3)14(19)12-17(20-16)15(10-2)21-22(7,8)18(4,5)6/h9-11,13,15-17H,2,12H2,1,3-8H3/b11-9+/t13-,15+,16-,17-/m0/s1. The monoisotopic (exact) mass is 324 g/mol. The highest BCUT2D eigenvalue weighted by molar-refractivity contribution is 6.74. The normalized spacial score (nSPS) is 28.9. The Bertz CT molecular complexity index is 434. The molecule has 0 spiro atoms. The van der Waals surface area contributed by atoms with Crippen LogP contribution in [0.1, 0.15) is 41.0 Å². The van der Waals surface area contributed by atoms with E-state index < -0.39 is 8.32 Å². The fraction of sp³-hybridized carbons (Fsp3) is 0.722. The maximum absolute atomic E-state index is 12.3. The van der Waals surface area contributed by atoms with Crippen molar-refractivity contribution >= 4 is 14.1 Å². The highest BCUT2D eigenvalue weighted by Gasteiger charge is 2.43. The molecular weight excluding hydrogens is 292 g/mol. The summed E-state index contributed by atoms with van der Waals surface area (Å²) in [5, 5.41) is 0.114. The number of allylic oxidation sites excluding steroid dienone is 1. The molecule has 0 aliphatic carbocycles. The van der Waals surface area contributed by atoms with Crippen molar-refractivity contribution in [1.82, 2.24) is 0 Å². The van der Waals surface area contributed by atoms with E-state index in [2.05, 4.69) is 40.4 Å². The first-order valence-corrected chi connectivity index (χ1v) is 11.1. The molecule has 1 rings (SSSR count). The third-order valence-corrected chi connectivity index (χ3v) is 9.43. The van der Waals surface area contributed by atoms with Gasteiger partial charge in [-0.1, -0.05) is 45.9 Å². The Kier molecular flexibility index (Phi) is 6.36. The van der Waals surface area contributed by atoms with Gasteiger partial charge in [0.05, 0.1) is 18.3 Å². The van der Waals surface area contributed by atoms with Gasteiger partial charge in [0.2, 0.25) is 0 Å². The minimum absolute atomic E-state index is 0.0919. The predicted molar refractivity (Wildman–Crippen MR) is 94.5 cm³/mol. The molecule has 126 valence electrons. The molecule has 3 nitrogen and oxygen atoms in total. The maximum Gasteiger partial charge on any atom is 0.193 e. The van der Waals surface area contributed by atoms with Crippen molar-refractivity contribution in [3.8, 4) is 0 Å². The molecule has 0 aromatic rings. The Morgan fingerprint density at radius 2 is 2.00 bits per heavy atom. The minimum atomic E-state index is -1.93. The third-order valence-electron chi connectivity index (χ3n) is 4.95. The van der Waals surface area contributed by atoms with Crippen LogP contribution in [0.15, 0.2) is 24.8 Å². The van der Waals surface area contributed by atoms with Gasteiger partial charge in [-0.05, 0) is 25.1 Å². The fourth-order valence-electron chi connectivity index (χ4n) is 2.32. The highest BCUT2D eigenvalue weighted by Crippen LogP contribution is 2.38. The van der Waals surface area contributed by atoms with E-state index in [4.69, 9.17) is 9.16 Å². The summed E-state index contributed by atoms with van der Waals surface area (Å²) in [7, 11) is -1.93. The molecule has 4 heteroatoms. The van der Waals surface area contributed by atoms with Gasteiger partial charge in [-0.3, -0.25) is 4.79 Å². The van der Waals surface area contributed by atoms with Crippen LogP contribution < -0.4 is 0 Å². The molecule has 1 aliphatic heterocycles. The molecule has 0 unspecified atom stereocenters. The first kappa shape index (κ1) is 19.3. The number of Topliss-reactive ketones (excluding diaryl/α,β-unsaturated/α-hetero) is 1. The summed E-state index contributed by atoms with van der Waals surface area (Å²) in [5.74, 6) is 0.149. The van der Waals surface area contributed by atoms with Crippen LogP contribution in [0.2, 0.25) is 18.1 Å². The lowest BCUT2D eigenvalue weighted by Gasteiger charge is -2.42. The van der Waals surface area contributed by atoms with E-state index in [0.29, 0.717) is 6.42 Å². The summed E-state index contributed by atoms with van der Waals surface area (Å²) < 4.78 is 12.6. The Morgan fingerprint density at radius 1 is 1.41 bits per heavy atom. The van der Waals surface area contributed by atoms with E-state index in [-0.39, 0.29) is 35.1 Å². The Balaban J connectivity index is 2.91. The number of rotatable bonds is 5. The molecule has 4 atom stereocenters. The molecular formula is C18H32O3Si. The molecule has 0 saturated carbocycles. The molecule has 22 heavy (non-hydrogen) atoms. The minimum Gasteiger partial charge on any atom is -0.408 e. The number of hydrogen-bond acceptors (Lipinski definition) is 3. The van der Waals surface area contributed by atoms with Crippen molar-refractivity contribution in [2.75, 3.05) is 0 Å². The number of carbonyl (C=O) groups is 1. The fourth-order valence-corrected chi connectivity index (χ4v) is 3.61. The van der Waals surface area contributed by atoms with Crippen molar-refractivity contribution in [3.63, 3.8) is 0 Å². The second-order valence-corrected chi connectivity index (χ2v) is 12.5. The first-order chi connectivity index (χ1) is 10.0. The lowest BCUT2D eigenvalue weighted by Crippen LogP contribution is -2.50. The van der Waals surface area contributed by atoms with Gasteiger partial charge in [0.15, 0.2) is 8.32 Å². The second kappa shape index (κ2) is 7.24. The summed E-state index contributed by atoms with van der Waals surface area (Å²) in [6.07, 6.45) is 5.46. The van der Waals surface area contributed by atoms with Crippen LogP contribution in [0.3, 0.4) is 0 Å². The van der Waals surface area contributed by atoms with Gasteiger partial charge < -0.3 is 9.16 Å². The highest BCUT2D eigenvalue weighted by atomic mass is 28.4. The summed E-state index contributed by atoms with van der Waals surface area (Å²) in [5.41, 5.74) is 0.